The van der Waals surface area contributed by atoms with Crippen LogP contribution in [0.3, 0.4) is 0 Å². The molecule has 0 aliphatic carbocycles. The largest absolute Gasteiger partial charge is 0.471 e. The summed E-state index contributed by atoms with van der Waals surface area (Å²) < 4.78 is 62.3. The summed E-state index contributed by atoms with van der Waals surface area (Å²) in [6, 6.07) is 0. The third kappa shape index (κ3) is 23.5. The minimum atomic E-state index is -2.45. The minimum absolute atomic E-state index is 0. The van der Waals surface area contributed by atoms with Crippen molar-refractivity contribution in [2.45, 2.75) is 276 Å². The quantitative estimate of drug-likeness (QED) is 0.0197. The summed E-state index contributed by atoms with van der Waals surface area (Å²) in [5.41, 5.74) is 43.7. The monoisotopic (exact) mass is 2130 g/mol. The van der Waals surface area contributed by atoms with E-state index < -0.39 is 179 Å². The highest BCUT2D eigenvalue weighted by atomic mass is 127. The number of carbonyl (C=O) groups is 12. The molecule has 0 aromatic heterocycles. The fraction of sp³-hybridized carbons (Fsp3) is 0.649. The maximum absolute atomic E-state index is 14.8. The predicted octanol–water partition coefficient (Wildman–Crippen LogP) is 9.28. The van der Waals surface area contributed by atoms with Crippen molar-refractivity contribution >= 4 is 138 Å². The highest BCUT2D eigenvalue weighted by molar-refractivity contribution is 14.1. The Balaban J connectivity index is 0.000000755. The molecule has 48 nitrogen and oxygen atoms in total. The Hall–Kier alpha value is -9.71. The van der Waals surface area contributed by atoms with Gasteiger partial charge in [-0.15, -0.1) is 0 Å². The van der Waals surface area contributed by atoms with Crippen LogP contribution in [0.4, 0.5) is 8.78 Å². The Kier molecular flexibility index (Phi) is 42.7. The van der Waals surface area contributed by atoms with E-state index >= 15 is 0 Å². The van der Waals surface area contributed by atoms with Crippen molar-refractivity contribution < 1.29 is 125 Å². The Morgan fingerprint density at radius 1 is 0.409 bits per heavy atom. The molecule has 0 unspecified atom stereocenters. The molecule has 0 saturated carbocycles. The molecule has 0 aromatic rings. The van der Waals surface area contributed by atoms with Crippen molar-refractivity contribution in [2.24, 2.45) is 36.6 Å². The Morgan fingerprint density at radius 3 is 0.953 bits per heavy atom. The van der Waals surface area contributed by atoms with E-state index in [2.05, 4.69) is 66.7 Å². The van der Waals surface area contributed by atoms with Crippen molar-refractivity contribution in [3.05, 3.63) is 149 Å². The summed E-state index contributed by atoms with van der Waals surface area (Å²) in [5.74, 6) is -10.2. The smallest absolute Gasteiger partial charge is 0.247 e. The van der Waals surface area contributed by atoms with Gasteiger partial charge in [-0.2, -0.15) is 0 Å². The number of rotatable bonds is 17. The Morgan fingerprint density at radius 2 is 0.661 bits per heavy atom. The molecule has 0 spiro atoms. The van der Waals surface area contributed by atoms with Crippen molar-refractivity contribution in [1.29, 1.82) is 0 Å². The number of azide groups is 6. The van der Waals surface area contributed by atoms with Gasteiger partial charge in [-0.25, -0.2) is 8.78 Å². The normalized spacial score (nSPS) is 35.7. The zero-order valence-corrected chi connectivity index (χ0v) is 71.7. The number of hydrogen-bond acceptors (Lipinski definition) is 30. The third-order valence-electron chi connectivity index (χ3n) is 21.4. The van der Waals surface area contributed by atoms with Crippen LogP contribution in [0.1, 0.15) is 145 Å². The summed E-state index contributed by atoms with van der Waals surface area (Å²) in [5, 5.41) is 81.3. The number of ketones is 6. The lowest BCUT2D eigenvalue weighted by molar-refractivity contribution is -0.182. The van der Waals surface area contributed by atoms with Crippen molar-refractivity contribution in [3.8, 4) is 0 Å². The molecule has 0 aromatic carbocycles. The lowest BCUT2D eigenvalue weighted by Crippen LogP contribution is -2.53. The third-order valence-corrected chi connectivity index (χ3v) is 24.3. The van der Waals surface area contributed by atoms with Gasteiger partial charge in [0.1, 0.15) is 51.8 Å². The number of ether oxygens (including phenoxy) is 6. The molecule has 6 saturated heterocycles. The van der Waals surface area contributed by atoms with Crippen LogP contribution in [-0.2, 0) is 86.0 Å². The van der Waals surface area contributed by atoms with Gasteiger partial charge in [-0.05, 0) is 118 Å². The van der Waals surface area contributed by atoms with Crippen molar-refractivity contribution in [1.82, 2.24) is 29.4 Å². The number of alkyl halides is 5. The van der Waals surface area contributed by atoms with Crippen molar-refractivity contribution in [2.75, 3.05) is 19.9 Å². The van der Waals surface area contributed by atoms with Crippen LogP contribution in [0.2, 0.25) is 0 Å². The van der Waals surface area contributed by atoms with E-state index in [9.17, 15) is 91.8 Å². The van der Waals surface area contributed by atoms with E-state index in [1.807, 2.05) is 52.1 Å². The Labute approximate surface area is 768 Å². The van der Waals surface area contributed by atoms with Crippen LogP contribution in [0.5, 0.6) is 0 Å². The molecule has 6 amide bonds. The van der Waals surface area contributed by atoms with Crippen LogP contribution in [0, 0.1) is 5.92 Å². The maximum atomic E-state index is 14.8. The zero-order valence-electron chi connectivity index (χ0n) is 65.2. The first-order valence-corrected chi connectivity index (χ1v) is 40.6. The molecule has 6 N–H and O–H groups in total. The molecular weight excluding hydrogens is 2030 g/mol. The summed E-state index contributed by atoms with van der Waals surface area (Å²) in [7, 11) is 0. The van der Waals surface area contributed by atoms with Gasteiger partial charge in [0.05, 0.1) is 90.0 Å². The van der Waals surface area contributed by atoms with Crippen LogP contribution >= 0.6 is 67.8 Å². The number of hydrogen-bond donors (Lipinski definition) is 6. The molecule has 12 rings (SSSR count). The number of amides is 6. The average Bonchev–Trinajstić information content (AvgIpc) is 1.58. The van der Waals surface area contributed by atoms with Gasteiger partial charge in [0.2, 0.25) is 47.2 Å². The molecule has 6 fully saturated rings. The molecule has 12 aliphatic heterocycles. The lowest BCUT2D eigenvalue weighted by atomic mass is 9.84. The van der Waals surface area contributed by atoms with Crippen LogP contribution < -0.4 is 0 Å². The van der Waals surface area contributed by atoms with Gasteiger partial charge in [-0.1, -0.05) is 163 Å². The summed E-state index contributed by atoms with van der Waals surface area (Å²) >= 11 is 5.58. The second kappa shape index (κ2) is 47.0. The van der Waals surface area contributed by atoms with E-state index in [-0.39, 0.29) is 132 Å². The molecule has 127 heavy (non-hydrogen) atoms. The first kappa shape index (κ1) is 115. The molecule has 700 valence electrons. The number of nitrogens with zero attached hydrogens (tertiary/aromatic N) is 24. The van der Waals surface area contributed by atoms with E-state index in [1.165, 1.54) is 106 Å². The summed E-state index contributed by atoms with van der Waals surface area (Å²) in [4.78, 5) is 162. The first-order valence-electron chi connectivity index (χ1n) is 36.0. The van der Waals surface area contributed by atoms with Gasteiger partial charge < -0.3 is 59.1 Å². The molecule has 12 heterocycles. The molecular formula is C74H105F2I3N24O24. The SMILES string of the molecule is C.C.C.C.C.C.C=C1O[C@@H](N2C=CC(=O)CC2=O)[C@](C)(N=[N+]=[N-])[C@@H]1O.CC[C@H]1O[C@@H](N2C=CC(=O)CC2=O)[C@](C)(N=[N+]=[N-])[C@@H]1O.C[C@@]1(N=[N+]=[N-])[C@H](O)[C@@H](CI)O[C@H]1N1C=CC(=O)CC1=O.C[C@@]1(N=[N+]=[N-])[C@H](O)[C@@H](CO)O[C@H]1N1C=CC(=O)CC1=O.C[C@H]1[C@@](C)(N=[N+]=[N-])[C@H](N2C=CC(=O)CC2=O)O[C@]1(F)CI.C[C@]1(N=[N+]=[N-])[C@H](N2C=CC(=O)CC2=O)O[C@](F)(CI)[C@H]1O. The molecule has 53 heteroatoms. The number of aliphatic hydroxyl groups is 6. The summed E-state index contributed by atoms with van der Waals surface area (Å²) in [6.45, 7) is 15.2. The van der Waals surface area contributed by atoms with Crippen LogP contribution in [-0.4, -0.2) is 281 Å². The lowest BCUT2D eigenvalue weighted by Gasteiger charge is -2.35. The highest BCUT2D eigenvalue weighted by Crippen LogP contribution is 2.51. The predicted molar refractivity (Wildman–Crippen MR) is 470 cm³/mol. The summed E-state index contributed by atoms with van der Waals surface area (Å²) in [6.07, 6.45) is -1.13. The number of aliphatic hydroxyl groups excluding tert-OH is 6. The van der Waals surface area contributed by atoms with E-state index in [1.54, 1.807) is 36.4 Å². The Bertz CT molecular complexity index is 4380. The number of halogens is 5. The van der Waals surface area contributed by atoms with Crippen LogP contribution in [0.15, 0.2) is 117 Å². The average molecular weight is 2130 g/mol. The number of allylic oxidation sites excluding steroid dienone is 6. The second-order valence-electron chi connectivity index (χ2n) is 29.5. The fourth-order valence-corrected chi connectivity index (χ4v) is 16.3. The highest BCUT2D eigenvalue weighted by Gasteiger charge is 2.66. The van der Waals surface area contributed by atoms with Gasteiger partial charge in [0.25, 0.3) is 0 Å². The van der Waals surface area contributed by atoms with Gasteiger partial charge in [0.15, 0.2) is 72.1 Å². The van der Waals surface area contributed by atoms with Crippen molar-refractivity contribution in [3.63, 3.8) is 0 Å². The topological polar surface area (TPSA) is 694 Å². The molecule has 23 atom stereocenters. The molecule has 0 radical (unpaired) electrons. The van der Waals surface area contributed by atoms with Gasteiger partial charge in [0, 0.05) is 77.0 Å². The van der Waals surface area contributed by atoms with Gasteiger partial charge in [-0.3, -0.25) is 86.9 Å². The maximum Gasteiger partial charge on any atom is 0.247 e. The standard InChI is InChI=1S/C12H14FIN4O3.C12H16N4O4.C11H12FIN4O4.C11H13IN4O4.C11H14N4O5.C11H12N4O4.6CH4/c1-7-11(2,16-17-15)10(21-12(7,13)6-14)18-4-3-8(19)5-9(18)20;1-3-8-10(19)12(2,14-15-13)11(20-8)16-5-4-7(17)6-9(16)18;1-10(15-16-14)8(20)11(12,5-13)21-9(10)17-3-2-6(18)4-7(17)19;1-11(14-15-13)9(19)7(5-12)20-10(11)16-3-2-6(17)4-8(16)18;1-11(13-14-12)9(19)7(5-16)20-10(11)15-3-2-6(17)4-8(15)18;1-6-9(18)11(2,13-14-12)10(19-6)15-4-3-7(16)5-8(15)17;;;;;;/h3-4,7,10H,5-6H2,1-2H3;4-5,8,10-11,19H,3,6H2,1-2H3;2-3,8-9,20H,4-5H2,1H3;2-3,7,9-10,19H,4-5H2,1H3;2-3,7,9-10,16,19H,4-5H2,1H3;3-4,9-10,18H,1,5H2,2H3;6*1H4/t7-,10+,11+,12+;8-,10-,11-,12-;8-,9+,10+,11+;2*7-,9-,10-,11-;9-,10-,11-;;;;;;/m010111....../s1. The van der Waals surface area contributed by atoms with Gasteiger partial charge >= 0.3 is 0 Å². The second-order valence-corrected chi connectivity index (χ2v) is 31.9. The van der Waals surface area contributed by atoms with E-state index in [0.29, 0.717) is 10.8 Å². The zero-order chi connectivity index (χ0) is 90.6. The molecule has 0 bridgehead atoms. The fourth-order valence-electron chi connectivity index (χ4n) is 14.2. The van der Waals surface area contributed by atoms with E-state index in [4.69, 9.17) is 66.7 Å². The van der Waals surface area contributed by atoms with Crippen LogP contribution in [0.25, 0.3) is 62.7 Å². The molecule has 12 aliphatic rings. The first-order chi connectivity index (χ1) is 56.8. The number of carbonyl (C=O) groups excluding carboxylic acids is 12. The minimum Gasteiger partial charge on any atom is -0.471 e. The van der Waals surface area contributed by atoms with E-state index in [0.717, 1.165) is 31.9 Å².